The second-order valence-corrected chi connectivity index (χ2v) is 7.11. The van der Waals surface area contributed by atoms with Crippen molar-refractivity contribution in [2.45, 2.75) is 0 Å². The number of fused-ring (bicyclic) bond motifs is 1. The van der Waals surface area contributed by atoms with E-state index in [1.165, 1.54) is 0 Å². The lowest BCUT2D eigenvalue weighted by Crippen LogP contribution is -2.04. The molecule has 0 spiro atoms. The van der Waals surface area contributed by atoms with Gasteiger partial charge in [-0.05, 0) is 35.9 Å². The third-order valence-electron chi connectivity index (χ3n) is 4.75. The second-order valence-electron chi connectivity index (χ2n) is 6.67. The summed E-state index contributed by atoms with van der Waals surface area (Å²) in [7, 11) is 3.15. The van der Waals surface area contributed by atoms with Gasteiger partial charge < -0.3 is 20.5 Å². The van der Waals surface area contributed by atoms with Gasteiger partial charge >= 0.3 is 0 Å². The molecule has 0 unspecified atom stereocenters. The molecule has 0 saturated carbocycles. The van der Waals surface area contributed by atoms with Gasteiger partial charge in [-0.3, -0.25) is 0 Å². The van der Waals surface area contributed by atoms with Crippen molar-refractivity contribution in [2.24, 2.45) is 0 Å². The fourth-order valence-corrected chi connectivity index (χ4v) is 3.65. The molecule has 154 valence electrons. The van der Waals surface area contributed by atoms with Crippen molar-refractivity contribution in [3.63, 3.8) is 0 Å². The predicted molar refractivity (Wildman–Crippen MR) is 125 cm³/mol. The molecular formula is C24H19ClN4O2. The van der Waals surface area contributed by atoms with E-state index in [1.54, 1.807) is 26.4 Å². The van der Waals surface area contributed by atoms with Gasteiger partial charge in [-0.25, -0.2) is 4.98 Å². The molecule has 0 bridgehead atoms. The van der Waals surface area contributed by atoms with Crippen molar-refractivity contribution < 1.29 is 9.47 Å². The van der Waals surface area contributed by atoms with Gasteiger partial charge in [-0.2, -0.15) is 4.98 Å². The Labute approximate surface area is 185 Å². The van der Waals surface area contributed by atoms with Gasteiger partial charge in [0, 0.05) is 27.9 Å². The average molecular weight is 431 g/mol. The number of nitrogens with two attached hydrogens (primary N) is 1. The van der Waals surface area contributed by atoms with E-state index in [1.807, 2.05) is 42.5 Å². The lowest BCUT2D eigenvalue weighted by Gasteiger charge is -2.19. The third kappa shape index (κ3) is 3.91. The third-order valence-corrected chi connectivity index (χ3v) is 4.99. The van der Waals surface area contributed by atoms with Crippen LogP contribution in [-0.4, -0.2) is 24.2 Å². The van der Waals surface area contributed by atoms with Gasteiger partial charge in [-0.1, -0.05) is 35.7 Å². The molecule has 3 aromatic carbocycles. The van der Waals surface area contributed by atoms with Crippen molar-refractivity contribution in [1.29, 1.82) is 0 Å². The molecule has 4 aromatic rings. The van der Waals surface area contributed by atoms with Crippen molar-refractivity contribution in [2.75, 3.05) is 25.3 Å². The van der Waals surface area contributed by atoms with Crippen LogP contribution >= 0.6 is 11.6 Å². The highest BCUT2D eigenvalue weighted by atomic mass is 35.5. The highest BCUT2D eigenvalue weighted by Gasteiger charge is 2.22. The van der Waals surface area contributed by atoms with Crippen LogP contribution in [0.3, 0.4) is 0 Å². The van der Waals surface area contributed by atoms with Crippen LogP contribution in [-0.2, 0) is 0 Å². The van der Waals surface area contributed by atoms with Crippen LogP contribution in [0, 0.1) is 12.3 Å². The molecule has 0 aliphatic carbocycles. The van der Waals surface area contributed by atoms with Crippen LogP contribution in [0.4, 0.5) is 17.5 Å². The topological polar surface area (TPSA) is 82.3 Å². The fraction of sp³-hybridized carbons (Fsp3) is 0.0833. The first-order chi connectivity index (χ1) is 15.0. The molecule has 0 aliphatic heterocycles. The highest BCUT2D eigenvalue weighted by Crippen LogP contribution is 2.46. The Morgan fingerprint density at radius 1 is 1.03 bits per heavy atom. The lowest BCUT2D eigenvalue weighted by atomic mass is 9.98. The van der Waals surface area contributed by atoms with Crippen molar-refractivity contribution in [1.82, 2.24) is 9.97 Å². The van der Waals surface area contributed by atoms with E-state index in [2.05, 4.69) is 21.2 Å². The van der Waals surface area contributed by atoms with Crippen LogP contribution in [0.2, 0.25) is 5.02 Å². The Morgan fingerprint density at radius 3 is 2.55 bits per heavy atom. The van der Waals surface area contributed by atoms with Crippen molar-refractivity contribution >= 4 is 40.0 Å². The maximum absolute atomic E-state index is 6.29. The molecule has 0 fully saturated rings. The van der Waals surface area contributed by atoms with Crippen LogP contribution in [0.5, 0.6) is 11.5 Å². The van der Waals surface area contributed by atoms with E-state index in [0.717, 1.165) is 22.4 Å². The SMILES string of the molecule is C#Cc1cccc(Nc2nc(N)nc3cc(OC)c(OC)c(-c4cccc(Cl)c4)c23)c1. The molecule has 0 radical (unpaired) electrons. The van der Waals surface area contributed by atoms with E-state index in [0.29, 0.717) is 33.2 Å². The summed E-state index contributed by atoms with van der Waals surface area (Å²) in [5.74, 6) is 4.31. The maximum atomic E-state index is 6.29. The van der Waals surface area contributed by atoms with Crippen LogP contribution in [0.1, 0.15) is 5.56 Å². The smallest absolute Gasteiger partial charge is 0.222 e. The molecular weight excluding hydrogens is 412 g/mol. The summed E-state index contributed by atoms with van der Waals surface area (Å²) in [6, 6.07) is 16.7. The Hall–Kier alpha value is -3.95. The first-order valence-electron chi connectivity index (χ1n) is 9.36. The minimum atomic E-state index is 0.118. The molecule has 4 rings (SSSR count). The molecule has 0 atom stereocenters. The summed E-state index contributed by atoms with van der Waals surface area (Å²) >= 11 is 6.29. The molecule has 1 heterocycles. The number of ether oxygens (including phenoxy) is 2. The Kier molecular flexibility index (Phi) is 5.52. The van der Waals surface area contributed by atoms with Gasteiger partial charge in [0.25, 0.3) is 0 Å². The van der Waals surface area contributed by atoms with Gasteiger partial charge in [0.2, 0.25) is 5.95 Å². The lowest BCUT2D eigenvalue weighted by molar-refractivity contribution is 0.357. The quantitative estimate of drug-likeness (QED) is 0.419. The number of aromatic nitrogens is 2. The van der Waals surface area contributed by atoms with Crippen molar-refractivity contribution in [3.05, 3.63) is 65.2 Å². The summed E-state index contributed by atoms with van der Waals surface area (Å²) in [6.45, 7) is 0. The molecule has 1 aromatic heterocycles. The Balaban J connectivity index is 2.06. The van der Waals surface area contributed by atoms with Crippen LogP contribution < -0.4 is 20.5 Å². The number of nitrogens with one attached hydrogen (secondary N) is 1. The highest BCUT2D eigenvalue weighted by molar-refractivity contribution is 6.31. The number of halogens is 1. The number of methoxy groups -OCH3 is 2. The van der Waals surface area contributed by atoms with E-state index < -0.39 is 0 Å². The maximum Gasteiger partial charge on any atom is 0.222 e. The first kappa shape index (κ1) is 20.3. The minimum absolute atomic E-state index is 0.118. The predicted octanol–water partition coefficient (Wildman–Crippen LogP) is 5.27. The molecule has 0 amide bonds. The molecule has 7 heteroatoms. The Bertz CT molecular complexity index is 1330. The number of benzene rings is 3. The zero-order chi connectivity index (χ0) is 22.0. The molecule has 0 saturated heterocycles. The number of nitrogens with zero attached hydrogens (tertiary/aromatic N) is 2. The number of nitrogen functional groups attached to an aromatic ring is 1. The molecule has 6 nitrogen and oxygen atoms in total. The zero-order valence-corrected chi connectivity index (χ0v) is 17.7. The van der Waals surface area contributed by atoms with Crippen molar-refractivity contribution in [3.8, 4) is 35.0 Å². The Morgan fingerprint density at radius 2 is 1.84 bits per heavy atom. The first-order valence-corrected chi connectivity index (χ1v) is 9.73. The molecule has 31 heavy (non-hydrogen) atoms. The number of terminal acetylenes is 1. The van der Waals surface area contributed by atoms with E-state index >= 15 is 0 Å². The van der Waals surface area contributed by atoms with Gasteiger partial charge in [0.05, 0.1) is 25.1 Å². The van der Waals surface area contributed by atoms with Gasteiger partial charge in [0.15, 0.2) is 11.5 Å². The summed E-state index contributed by atoms with van der Waals surface area (Å²) in [5, 5.41) is 4.61. The minimum Gasteiger partial charge on any atom is -0.493 e. The number of rotatable bonds is 5. The summed E-state index contributed by atoms with van der Waals surface area (Å²) in [6.07, 6.45) is 5.54. The van der Waals surface area contributed by atoms with E-state index in [-0.39, 0.29) is 5.95 Å². The monoisotopic (exact) mass is 430 g/mol. The summed E-state index contributed by atoms with van der Waals surface area (Å²) in [4.78, 5) is 8.90. The molecule has 3 N–H and O–H groups in total. The van der Waals surface area contributed by atoms with Gasteiger partial charge in [-0.15, -0.1) is 6.42 Å². The zero-order valence-electron chi connectivity index (χ0n) is 16.9. The number of anilines is 3. The number of hydrogen-bond donors (Lipinski definition) is 2. The average Bonchev–Trinajstić information content (AvgIpc) is 2.77. The standard InChI is InChI=1S/C24H19ClN4O2/c1-4-14-7-5-10-17(11-14)27-23-21-18(28-24(26)29-23)13-19(30-2)22(31-3)20(21)15-8-6-9-16(25)12-15/h1,5-13H,2-3H3,(H3,26,27,28,29). The summed E-state index contributed by atoms with van der Waals surface area (Å²) in [5.41, 5.74) is 9.67. The van der Waals surface area contributed by atoms with E-state index in [4.69, 9.17) is 33.2 Å². The van der Waals surface area contributed by atoms with Gasteiger partial charge in [0.1, 0.15) is 5.82 Å². The van der Waals surface area contributed by atoms with Crippen LogP contribution in [0.15, 0.2) is 54.6 Å². The largest absolute Gasteiger partial charge is 0.493 e. The molecule has 0 aliphatic rings. The normalized spacial score (nSPS) is 10.5. The van der Waals surface area contributed by atoms with E-state index in [9.17, 15) is 0 Å². The fourth-order valence-electron chi connectivity index (χ4n) is 3.46. The summed E-state index contributed by atoms with van der Waals surface area (Å²) < 4.78 is 11.3. The van der Waals surface area contributed by atoms with Crippen LogP contribution in [0.25, 0.3) is 22.0 Å². The number of hydrogen-bond acceptors (Lipinski definition) is 6. The second kappa shape index (κ2) is 8.42.